The summed E-state index contributed by atoms with van der Waals surface area (Å²) >= 11 is 4.27. The normalized spacial score (nSPS) is 11.5. The Bertz CT molecular complexity index is 515. The Kier molecular flexibility index (Phi) is 3.15. The maximum atomic E-state index is 12.4. The van der Waals surface area contributed by atoms with Crippen molar-refractivity contribution < 1.29 is 13.2 Å². The molecule has 88 valence electrons. The molecule has 0 nitrogen and oxygen atoms in total. The third-order valence-corrected chi connectivity index (χ3v) is 2.82. The van der Waals surface area contributed by atoms with Gasteiger partial charge in [0.2, 0.25) is 0 Å². The van der Waals surface area contributed by atoms with E-state index >= 15 is 0 Å². The van der Waals surface area contributed by atoms with Crippen molar-refractivity contribution in [1.29, 1.82) is 0 Å². The van der Waals surface area contributed by atoms with E-state index in [-0.39, 0.29) is 0 Å². The lowest BCUT2D eigenvalue weighted by atomic mass is 10.0. The summed E-state index contributed by atoms with van der Waals surface area (Å²) in [5, 5.41) is 0. The van der Waals surface area contributed by atoms with E-state index in [1.165, 1.54) is 12.1 Å². The maximum absolute atomic E-state index is 12.4. The lowest BCUT2D eigenvalue weighted by molar-refractivity contribution is -0.137. The summed E-state index contributed by atoms with van der Waals surface area (Å²) in [6.45, 7) is 0. The van der Waals surface area contributed by atoms with Gasteiger partial charge in [-0.15, -0.1) is 12.6 Å². The molecule has 0 fully saturated rings. The fourth-order valence-electron chi connectivity index (χ4n) is 1.56. The molecular formula is C13H9F3S. The molecule has 0 aliphatic rings. The van der Waals surface area contributed by atoms with Gasteiger partial charge in [-0.3, -0.25) is 0 Å². The number of thiol groups is 1. The van der Waals surface area contributed by atoms with Crippen molar-refractivity contribution in [3.8, 4) is 11.1 Å². The van der Waals surface area contributed by atoms with Crippen molar-refractivity contribution >= 4 is 12.6 Å². The van der Waals surface area contributed by atoms with Crippen molar-refractivity contribution in [2.75, 3.05) is 0 Å². The molecule has 0 saturated carbocycles. The van der Waals surface area contributed by atoms with E-state index in [2.05, 4.69) is 12.6 Å². The van der Waals surface area contributed by atoms with E-state index in [0.717, 1.165) is 28.2 Å². The zero-order valence-electron chi connectivity index (χ0n) is 8.70. The van der Waals surface area contributed by atoms with E-state index in [1.807, 2.05) is 18.2 Å². The SMILES string of the molecule is FC(F)(F)c1ccc(-c2ccccc2S)cc1. The van der Waals surface area contributed by atoms with Gasteiger partial charge in [-0.05, 0) is 29.3 Å². The summed E-state index contributed by atoms with van der Waals surface area (Å²) in [6.07, 6.45) is -4.29. The molecule has 0 saturated heterocycles. The van der Waals surface area contributed by atoms with Gasteiger partial charge >= 0.3 is 6.18 Å². The number of alkyl halides is 3. The first-order valence-corrected chi connectivity index (χ1v) is 5.39. The van der Waals surface area contributed by atoms with E-state index < -0.39 is 11.7 Å². The lowest BCUT2D eigenvalue weighted by Crippen LogP contribution is -2.03. The summed E-state index contributed by atoms with van der Waals surface area (Å²) in [6, 6.07) is 12.4. The molecule has 0 bridgehead atoms. The zero-order chi connectivity index (χ0) is 12.5. The minimum atomic E-state index is -4.29. The van der Waals surface area contributed by atoms with Crippen LogP contribution in [0.3, 0.4) is 0 Å². The third kappa shape index (κ3) is 2.64. The van der Waals surface area contributed by atoms with Gasteiger partial charge in [0.1, 0.15) is 0 Å². The molecule has 17 heavy (non-hydrogen) atoms. The highest BCUT2D eigenvalue weighted by molar-refractivity contribution is 7.80. The molecule has 0 aromatic heterocycles. The maximum Gasteiger partial charge on any atom is 0.416 e. The molecule has 0 aliphatic heterocycles. The summed E-state index contributed by atoms with van der Waals surface area (Å²) in [4.78, 5) is 0.743. The second kappa shape index (κ2) is 4.45. The average molecular weight is 254 g/mol. The number of halogens is 3. The van der Waals surface area contributed by atoms with Crippen LogP contribution in [-0.2, 0) is 6.18 Å². The minimum absolute atomic E-state index is 0.641. The topological polar surface area (TPSA) is 0 Å². The second-order valence-corrected chi connectivity index (χ2v) is 4.07. The third-order valence-electron chi connectivity index (χ3n) is 2.43. The van der Waals surface area contributed by atoms with Gasteiger partial charge in [0.25, 0.3) is 0 Å². The van der Waals surface area contributed by atoms with Crippen molar-refractivity contribution in [1.82, 2.24) is 0 Å². The summed E-state index contributed by atoms with van der Waals surface area (Å²) in [7, 11) is 0. The Balaban J connectivity index is 2.40. The highest BCUT2D eigenvalue weighted by Crippen LogP contribution is 2.32. The first-order chi connectivity index (χ1) is 7.98. The average Bonchev–Trinajstić information content (AvgIpc) is 2.29. The van der Waals surface area contributed by atoms with E-state index in [0.29, 0.717) is 0 Å². The summed E-state index contributed by atoms with van der Waals surface area (Å²) < 4.78 is 37.2. The van der Waals surface area contributed by atoms with Gasteiger partial charge in [0, 0.05) is 4.90 Å². The number of benzene rings is 2. The quantitative estimate of drug-likeness (QED) is 0.703. The van der Waals surface area contributed by atoms with Gasteiger partial charge in [-0.2, -0.15) is 13.2 Å². The Morgan fingerprint density at radius 3 is 1.94 bits per heavy atom. The van der Waals surface area contributed by atoms with Crippen LogP contribution in [0.2, 0.25) is 0 Å². The number of hydrogen-bond donors (Lipinski definition) is 1. The fraction of sp³-hybridized carbons (Fsp3) is 0.0769. The molecule has 0 atom stereocenters. The van der Waals surface area contributed by atoms with Crippen LogP contribution in [0.5, 0.6) is 0 Å². The first-order valence-electron chi connectivity index (χ1n) is 4.94. The minimum Gasteiger partial charge on any atom is -0.166 e. The molecule has 2 aromatic carbocycles. The van der Waals surface area contributed by atoms with E-state index in [1.54, 1.807) is 6.07 Å². The molecule has 0 spiro atoms. The van der Waals surface area contributed by atoms with Crippen LogP contribution >= 0.6 is 12.6 Å². The van der Waals surface area contributed by atoms with Crippen molar-refractivity contribution in [2.45, 2.75) is 11.1 Å². The van der Waals surface area contributed by atoms with Gasteiger partial charge in [0.15, 0.2) is 0 Å². The standard InChI is InChI=1S/C13H9F3S/c14-13(15,16)10-7-5-9(6-8-10)11-3-1-2-4-12(11)17/h1-8,17H. The molecule has 0 N–H and O–H groups in total. The predicted molar refractivity (Wildman–Crippen MR) is 64.1 cm³/mol. The smallest absolute Gasteiger partial charge is 0.166 e. The van der Waals surface area contributed by atoms with Gasteiger partial charge < -0.3 is 0 Å². The number of rotatable bonds is 1. The summed E-state index contributed by atoms with van der Waals surface area (Å²) in [5.41, 5.74) is 0.908. The zero-order valence-corrected chi connectivity index (χ0v) is 9.59. The van der Waals surface area contributed by atoms with Gasteiger partial charge in [-0.25, -0.2) is 0 Å². The first kappa shape index (κ1) is 12.0. The van der Waals surface area contributed by atoms with Crippen molar-refractivity contribution in [3.05, 3.63) is 54.1 Å². The monoisotopic (exact) mass is 254 g/mol. The molecule has 0 heterocycles. The Labute approximate surface area is 103 Å². The van der Waals surface area contributed by atoms with Crippen molar-refractivity contribution in [3.63, 3.8) is 0 Å². The molecule has 4 heteroatoms. The molecule has 0 amide bonds. The van der Waals surface area contributed by atoms with Crippen molar-refractivity contribution in [2.24, 2.45) is 0 Å². The largest absolute Gasteiger partial charge is 0.416 e. The highest BCUT2D eigenvalue weighted by atomic mass is 32.1. The molecule has 0 radical (unpaired) electrons. The molecule has 2 aromatic rings. The van der Waals surface area contributed by atoms with Crippen LogP contribution < -0.4 is 0 Å². The van der Waals surface area contributed by atoms with Crippen LogP contribution in [-0.4, -0.2) is 0 Å². The van der Waals surface area contributed by atoms with Crippen LogP contribution in [0.1, 0.15) is 5.56 Å². The van der Waals surface area contributed by atoms with Crippen LogP contribution in [0.25, 0.3) is 11.1 Å². The fourth-order valence-corrected chi connectivity index (χ4v) is 1.85. The molecule has 0 aliphatic carbocycles. The summed E-state index contributed by atoms with van der Waals surface area (Å²) in [5.74, 6) is 0. The predicted octanol–water partition coefficient (Wildman–Crippen LogP) is 4.66. The van der Waals surface area contributed by atoms with Gasteiger partial charge in [0.05, 0.1) is 5.56 Å². The Hall–Kier alpha value is -1.42. The Morgan fingerprint density at radius 1 is 0.824 bits per heavy atom. The van der Waals surface area contributed by atoms with Crippen LogP contribution in [0.4, 0.5) is 13.2 Å². The van der Waals surface area contributed by atoms with Crippen LogP contribution in [0.15, 0.2) is 53.4 Å². The highest BCUT2D eigenvalue weighted by Gasteiger charge is 2.29. The lowest BCUT2D eigenvalue weighted by Gasteiger charge is -2.08. The van der Waals surface area contributed by atoms with E-state index in [4.69, 9.17) is 0 Å². The van der Waals surface area contributed by atoms with Gasteiger partial charge in [-0.1, -0.05) is 30.3 Å². The molecule has 2 rings (SSSR count). The van der Waals surface area contributed by atoms with Crippen LogP contribution in [0, 0.1) is 0 Å². The molecular weight excluding hydrogens is 245 g/mol. The Morgan fingerprint density at radius 2 is 1.41 bits per heavy atom. The number of hydrogen-bond acceptors (Lipinski definition) is 1. The van der Waals surface area contributed by atoms with E-state index in [9.17, 15) is 13.2 Å². The second-order valence-electron chi connectivity index (χ2n) is 3.59. The molecule has 0 unspecified atom stereocenters.